The van der Waals surface area contributed by atoms with Crippen LogP contribution >= 0.6 is 0 Å². The number of rotatable bonds is 4. The van der Waals surface area contributed by atoms with Crippen molar-refractivity contribution in [1.82, 2.24) is 20.0 Å². The van der Waals surface area contributed by atoms with E-state index in [0.717, 1.165) is 0 Å². The molecule has 2 aromatic heterocycles. The molecule has 0 amide bonds. The number of piperazine rings is 1. The lowest BCUT2D eigenvalue weighted by Gasteiger charge is -2.35. The largest absolute Gasteiger partial charge is 0.364 e. The molecule has 1 aliphatic heterocycles. The van der Waals surface area contributed by atoms with Crippen molar-refractivity contribution in [3.63, 3.8) is 0 Å². The number of anilines is 1. The first-order valence-electron chi connectivity index (χ1n) is 7.48. The number of hydrogen-bond donors (Lipinski definition) is 0. The van der Waals surface area contributed by atoms with Crippen molar-refractivity contribution in [2.45, 2.75) is 19.9 Å². The van der Waals surface area contributed by atoms with E-state index in [4.69, 9.17) is 4.52 Å². The molecule has 0 radical (unpaired) electrons. The third-order valence-electron chi connectivity index (χ3n) is 3.84. The predicted molar refractivity (Wildman–Crippen MR) is 75.2 cm³/mol. The highest BCUT2D eigenvalue weighted by molar-refractivity contribution is 5.49. The molecule has 1 saturated heterocycles. The fourth-order valence-electron chi connectivity index (χ4n) is 2.58. The fraction of sp³-hybridized carbons (Fsp3) is 0.500. The second-order valence-corrected chi connectivity index (χ2v) is 5.39. The van der Waals surface area contributed by atoms with Crippen molar-refractivity contribution < 1.29 is 22.1 Å². The summed E-state index contributed by atoms with van der Waals surface area (Å²) in [6.07, 6.45) is 0.637. The fourth-order valence-corrected chi connectivity index (χ4v) is 2.58. The Morgan fingerprint density at radius 3 is 2.12 bits per heavy atom. The lowest BCUT2D eigenvalue weighted by Crippen LogP contribution is -2.46. The summed E-state index contributed by atoms with van der Waals surface area (Å²) in [5.41, 5.74) is -0.715. The van der Waals surface area contributed by atoms with E-state index in [0.29, 0.717) is 37.8 Å². The van der Waals surface area contributed by atoms with Crippen molar-refractivity contribution in [2.75, 3.05) is 31.1 Å². The normalized spacial score (nSPS) is 16.0. The van der Waals surface area contributed by atoms with Gasteiger partial charge in [0, 0.05) is 32.6 Å². The Kier molecular flexibility index (Phi) is 4.65. The molecule has 6 nitrogen and oxygen atoms in total. The van der Waals surface area contributed by atoms with Gasteiger partial charge in [-0.05, 0) is 0 Å². The maximum absolute atomic E-state index is 13.8. The lowest BCUT2D eigenvalue weighted by atomic mass is 10.2. The monoisotopic (exact) mass is 345 g/mol. The average Bonchev–Trinajstić information content (AvgIpc) is 3.02. The summed E-state index contributed by atoms with van der Waals surface area (Å²) in [5.74, 6) is -5.19. The number of aromatic nitrogens is 3. The molecular formula is C14H15F4N5O. The van der Waals surface area contributed by atoms with Crippen molar-refractivity contribution >= 4 is 5.69 Å². The molecule has 0 N–H and O–H groups in total. The second kappa shape index (κ2) is 6.71. The van der Waals surface area contributed by atoms with Crippen LogP contribution in [0.2, 0.25) is 0 Å². The van der Waals surface area contributed by atoms with Crippen LogP contribution in [0.5, 0.6) is 0 Å². The quantitative estimate of drug-likeness (QED) is 0.623. The van der Waals surface area contributed by atoms with Crippen molar-refractivity contribution in [1.29, 1.82) is 0 Å². The van der Waals surface area contributed by atoms with Crippen molar-refractivity contribution in [3.8, 4) is 0 Å². The minimum absolute atomic E-state index is 0.204. The van der Waals surface area contributed by atoms with Gasteiger partial charge in [-0.15, -0.1) is 0 Å². The van der Waals surface area contributed by atoms with Gasteiger partial charge >= 0.3 is 0 Å². The van der Waals surface area contributed by atoms with Gasteiger partial charge in [0.15, 0.2) is 5.82 Å². The first-order valence-corrected chi connectivity index (χ1v) is 7.48. The van der Waals surface area contributed by atoms with Crippen LogP contribution in [0.4, 0.5) is 23.2 Å². The van der Waals surface area contributed by atoms with Gasteiger partial charge in [0.25, 0.3) is 11.9 Å². The number of aryl methyl sites for hydroxylation is 1. The van der Waals surface area contributed by atoms with E-state index < -0.39 is 29.2 Å². The number of hydrogen-bond acceptors (Lipinski definition) is 6. The Morgan fingerprint density at radius 1 is 0.958 bits per heavy atom. The van der Waals surface area contributed by atoms with Gasteiger partial charge in [-0.25, -0.2) is 0 Å². The van der Waals surface area contributed by atoms with Crippen LogP contribution in [0.3, 0.4) is 0 Å². The number of halogens is 4. The first kappa shape index (κ1) is 16.6. The Morgan fingerprint density at radius 2 is 1.58 bits per heavy atom. The molecular weight excluding hydrogens is 330 g/mol. The van der Waals surface area contributed by atoms with Gasteiger partial charge < -0.3 is 9.42 Å². The summed E-state index contributed by atoms with van der Waals surface area (Å²) >= 11 is 0. The topological polar surface area (TPSA) is 58.3 Å². The zero-order valence-electron chi connectivity index (χ0n) is 12.9. The van der Waals surface area contributed by atoms with E-state index in [2.05, 4.69) is 15.1 Å². The van der Waals surface area contributed by atoms with Crippen LogP contribution in [-0.4, -0.2) is 46.2 Å². The number of pyridine rings is 1. The predicted octanol–water partition coefficient (Wildman–Crippen LogP) is 1.91. The highest BCUT2D eigenvalue weighted by Gasteiger charge is 2.28. The molecule has 10 heteroatoms. The summed E-state index contributed by atoms with van der Waals surface area (Å²) < 4.78 is 59.0. The van der Waals surface area contributed by atoms with E-state index >= 15 is 0 Å². The van der Waals surface area contributed by atoms with Crippen LogP contribution in [0, 0.1) is 23.5 Å². The molecule has 0 bridgehead atoms. The minimum Gasteiger partial charge on any atom is -0.364 e. The highest BCUT2D eigenvalue weighted by Crippen LogP contribution is 2.27. The van der Waals surface area contributed by atoms with Gasteiger partial charge in [-0.3, -0.25) is 4.90 Å². The third-order valence-corrected chi connectivity index (χ3v) is 3.84. The molecule has 1 aliphatic rings. The summed E-state index contributed by atoms with van der Waals surface area (Å²) in [7, 11) is 0. The summed E-state index contributed by atoms with van der Waals surface area (Å²) in [6.45, 7) is 3.60. The maximum atomic E-state index is 13.8. The van der Waals surface area contributed by atoms with Crippen LogP contribution < -0.4 is 4.90 Å². The minimum atomic E-state index is -1.65. The highest BCUT2D eigenvalue weighted by atomic mass is 19.2. The van der Waals surface area contributed by atoms with Crippen molar-refractivity contribution in [3.05, 3.63) is 35.2 Å². The summed E-state index contributed by atoms with van der Waals surface area (Å²) in [5, 5.41) is 3.84. The molecule has 24 heavy (non-hydrogen) atoms. The number of nitrogens with zero attached hydrogens (tertiary/aromatic N) is 5. The van der Waals surface area contributed by atoms with Crippen LogP contribution in [0.25, 0.3) is 0 Å². The molecule has 0 atom stereocenters. The van der Waals surface area contributed by atoms with Gasteiger partial charge in [0.1, 0.15) is 5.69 Å². The molecule has 0 spiro atoms. The second-order valence-electron chi connectivity index (χ2n) is 5.39. The Bertz CT molecular complexity index is 704. The Labute approximate surface area is 135 Å². The SMILES string of the molecule is CCc1nc(CN2CCN(c3c(F)c(F)nc(F)c3F)CC2)no1. The van der Waals surface area contributed by atoms with E-state index in [1.54, 1.807) is 0 Å². The van der Waals surface area contributed by atoms with Gasteiger partial charge in [0.05, 0.1) is 6.54 Å². The van der Waals surface area contributed by atoms with Crippen LogP contribution in [-0.2, 0) is 13.0 Å². The molecule has 0 saturated carbocycles. The summed E-state index contributed by atoms with van der Waals surface area (Å²) in [6, 6.07) is 0. The zero-order valence-corrected chi connectivity index (χ0v) is 12.9. The summed E-state index contributed by atoms with van der Waals surface area (Å²) in [4.78, 5) is 9.98. The Balaban J connectivity index is 1.67. The third kappa shape index (κ3) is 3.18. The molecule has 2 aromatic rings. The van der Waals surface area contributed by atoms with Crippen molar-refractivity contribution in [2.24, 2.45) is 0 Å². The Hall–Kier alpha value is -2.23. The molecule has 3 rings (SSSR count). The molecule has 0 aliphatic carbocycles. The van der Waals surface area contributed by atoms with Gasteiger partial charge in [-0.1, -0.05) is 12.1 Å². The van der Waals surface area contributed by atoms with E-state index in [9.17, 15) is 17.6 Å². The van der Waals surface area contributed by atoms with E-state index in [1.807, 2.05) is 11.8 Å². The lowest BCUT2D eigenvalue weighted by molar-refractivity contribution is 0.238. The maximum Gasteiger partial charge on any atom is 0.253 e. The molecule has 1 fully saturated rings. The van der Waals surface area contributed by atoms with Crippen LogP contribution in [0.1, 0.15) is 18.6 Å². The van der Waals surface area contributed by atoms with Gasteiger partial charge in [0.2, 0.25) is 17.5 Å². The van der Waals surface area contributed by atoms with Crippen LogP contribution in [0.15, 0.2) is 4.52 Å². The molecule has 130 valence electrons. The molecule has 3 heterocycles. The smallest absolute Gasteiger partial charge is 0.253 e. The van der Waals surface area contributed by atoms with E-state index in [1.165, 1.54) is 4.90 Å². The zero-order chi connectivity index (χ0) is 17.3. The first-order chi connectivity index (χ1) is 11.5. The standard InChI is InChI=1S/C14H15F4N5O/c1-2-9-19-8(21-24-9)7-22-3-5-23(6-4-22)12-10(15)13(17)20-14(18)11(12)16/h2-7H2,1H3. The molecule has 0 unspecified atom stereocenters. The van der Waals surface area contributed by atoms with Gasteiger partial charge in [-0.2, -0.15) is 27.5 Å². The molecule has 0 aromatic carbocycles. The average molecular weight is 345 g/mol. The van der Waals surface area contributed by atoms with E-state index in [-0.39, 0.29) is 13.1 Å².